The number of methoxy groups -OCH3 is 1. The van der Waals surface area contributed by atoms with Crippen molar-refractivity contribution in [2.24, 2.45) is 0 Å². The van der Waals surface area contributed by atoms with E-state index >= 15 is 0 Å². The molecule has 0 bridgehead atoms. The van der Waals surface area contributed by atoms with Crippen LogP contribution in [0.1, 0.15) is 18.9 Å². The van der Waals surface area contributed by atoms with Gasteiger partial charge in [0.25, 0.3) is 0 Å². The quantitative estimate of drug-likeness (QED) is 0.615. The van der Waals surface area contributed by atoms with Gasteiger partial charge < -0.3 is 19.9 Å². The fourth-order valence-corrected chi connectivity index (χ4v) is 1.91. The first kappa shape index (κ1) is 17.8. The summed E-state index contributed by atoms with van der Waals surface area (Å²) in [6, 6.07) is 0. The number of likely N-dealkylation sites (N-methyl/N-ethyl adjacent to an activating group) is 1. The Labute approximate surface area is 128 Å². The molecule has 120 valence electrons. The lowest BCUT2D eigenvalue weighted by Crippen LogP contribution is -2.33. The molecular formula is C15H29N5O. The molecule has 6 nitrogen and oxygen atoms in total. The molecule has 0 aliphatic carbocycles. The molecule has 1 rings (SSSR count). The molecule has 0 aromatic carbocycles. The number of hydrogen-bond donors (Lipinski definition) is 1. The molecule has 0 saturated heterocycles. The molecule has 0 spiro atoms. The first-order chi connectivity index (χ1) is 10.2. The highest BCUT2D eigenvalue weighted by Gasteiger charge is 2.08. The van der Waals surface area contributed by atoms with Crippen molar-refractivity contribution in [3.63, 3.8) is 0 Å². The van der Waals surface area contributed by atoms with Crippen LogP contribution in [0.3, 0.4) is 0 Å². The summed E-state index contributed by atoms with van der Waals surface area (Å²) in [6.07, 6.45) is 4.90. The molecule has 1 heterocycles. The molecule has 0 unspecified atom stereocenters. The second kappa shape index (κ2) is 10.5. The minimum absolute atomic E-state index is 0.716. The van der Waals surface area contributed by atoms with Crippen LogP contribution in [0.4, 0.5) is 5.95 Å². The van der Waals surface area contributed by atoms with Crippen LogP contribution in [0.25, 0.3) is 0 Å². The summed E-state index contributed by atoms with van der Waals surface area (Å²) in [5, 5.41) is 3.29. The van der Waals surface area contributed by atoms with Crippen molar-refractivity contribution in [2.45, 2.75) is 19.9 Å². The van der Waals surface area contributed by atoms with Gasteiger partial charge in [-0.3, -0.25) is 0 Å². The van der Waals surface area contributed by atoms with Gasteiger partial charge in [-0.2, -0.15) is 0 Å². The van der Waals surface area contributed by atoms with E-state index in [-0.39, 0.29) is 0 Å². The van der Waals surface area contributed by atoms with Crippen molar-refractivity contribution in [2.75, 3.05) is 58.9 Å². The average molecular weight is 295 g/mol. The van der Waals surface area contributed by atoms with Crippen LogP contribution < -0.4 is 10.2 Å². The van der Waals surface area contributed by atoms with Crippen LogP contribution in [-0.4, -0.2) is 68.9 Å². The van der Waals surface area contributed by atoms with E-state index in [9.17, 15) is 0 Å². The second-order valence-electron chi connectivity index (χ2n) is 5.35. The first-order valence-corrected chi connectivity index (χ1v) is 7.57. The van der Waals surface area contributed by atoms with E-state index in [1.54, 1.807) is 7.11 Å². The molecule has 21 heavy (non-hydrogen) atoms. The van der Waals surface area contributed by atoms with Crippen LogP contribution >= 0.6 is 0 Å². The van der Waals surface area contributed by atoms with E-state index in [1.165, 1.54) is 0 Å². The minimum atomic E-state index is 0.716. The third-order valence-corrected chi connectivity index (χ3v) is 3.10. The predicted molar refractivity (Wildman–Crippen MR) is 86.7 cm³/mol. The SMILES string of the molecule is CCCN(CCN(C)C)c1ncc(CNCCOC)cn1. The van der Waals surface area contributed by atoms with Crippen LogP contribution in [0.5, 0.6) is 0 Å². The Bertz CT molecular complexity index is 369. The molecule has 0 radical (unpaired) electrons. The fraction of sp³-hybridized carbons (Fsp3) is 0.733. The van der Waals surface area contributed by atoms with Crippen molar-refractivity contribution in [1.29, 1.82) is 0 Å². The van der Waals surface area contributed by atoms with Crippen LogP contribution in [-0.2, 0) is 11.3 Å². The van der Waals surface area contributed by atoms with Crippen molar-refractivity contribution >= 4 is 5.95 Å². The van der Waals surface area contributed by atoms with Crippen molar-refractivity contribution in [3.05, 3.63) is 18.0 Å². The summed E-state index contributed by atoms with van der Waals surface area (Å²) >= 11 is 0. The maximum absolute atomic E-state index is 5.00. The van der Waals surface area contributed by atoms with Gasteiger partial charge in [-0.25, -0.2) is 9.97 Å². The number of hydrogen-bond acceptors (Lipinski definition) is 6. The van der Waals surface area contributed by atoms with E-state index in [0.29, 0.717) is 6.61 Å². The van der Waals surface area contributed by atoms with Gasteiger partial charge in [0.05, 0.1) is 6.61 Å². The standard InChI is InChI=1S/C15H29N5O/c1-5-7-20(9-8-19(2)3)15-17-12-14(13-18-15)11-16-6-10-21-4/h12-13,16H,5-11H2,1-4H3. The van der Waals surface area contributed by atoms with Gasteiger partial charge in [0.2, 0.25) is 5.95 Å². The van der Waals surface area contributed by atoms with Gasteiger partial charge in [-0.1, -0.05) is 6.92 Å². The zero-order valence-electron chi connectivity index (χ0n) is 13.8. The normalized spacial score (nSPS) is 11.1. The summed E-state index contributed by atoms with van der Waals surface area (Å²) in [5.41, 5.74) is 1.10. The molecule has 0 atom stereocenters. The Morgan fingerprint density at radius 2 is 1.86 bits per heavy atom. The molecule has 0 aliphatic heterocycles. The molecule has 0 fully saturated rings. The third-order valence-electron chi connectivity index (χ3n) is 3.10. The Morgan fingerprint density at radius 1 is 1.14 bits per heavy atom. The monoisotopic (exact) mass is 295 g/mol. The fourth-order valence-electron chi connectivity index (χ4n) is 1.91. The largest absolute Gasteiger partial charge is 0.383 e. The van der Waals surface area contributed by atoms with Gasteiger partial charge in [-0.15, -0.1) is 0 Å². The molecular weight excluding hydrogens is 266 g/mol. The van der Waals surface area contributed by atoms with Crippen LogP contribution in [0, 0.1) is 0 Å². The maximum Gasteiger partial charge on any atom is 0.225 e. The summed E-state index contributed by atoms with van der Waals surface area (Å²) < 4.78 is 5.00. The van der Waals surface area contributed by atoms with Gasteiger partial charge in [0.1, 0.15) is 0 Å². The lowest BCUT2D eigenvalue weighted by molar-refractivity contribution is 0.199. The molecule has 0 saturated carbocycles. The van der Waals surface area contributed by atoms with Crippen molar-refractivity contribution in [1.82, 2.24) is 20.2 Å². The van der Waals surface area contributed by atoms with Gasteiger partial charge >= 0.3 is 0 Å². The van der Waals surface area contributed by atoms with E-state index in [1.807, 2.05) is 12.4 Å². The van der Waals surface area contributed by atoms with Gasteiger partial charge in [-0.05, 0) is 20.5 Å². The first-order valence-electron chi connectivity index (χ1n) is 7.57. The molecule has 1 N–H and O–H groups in total. The van der Waals surface area contributed by atoms with Gasteiger partial charge in [0, 0.05) is 57.8 Å². The number of rotatable bonds is 11. The average Bonchev–Trinajstić information content (AvgIpc) is 2.48. The van der Waals surface area contributed by atoms with E-state index in [2.05, 4.69) is 46.1 Å². The highest BCUT2D eigenvalue weighted by Crippen LogP contribution is 2.08. The highest BCUT2D eigenvalue weighted by molar-refractivity contribution is 5.29. The Hall–Kier alpha value is -1.24. The van der Waals surface area contributed by atoms with E-state index < -0.39 is 0 Å². The van der Waals surface area contributed by atoms with Crippen LogP contribution in [0.15, 0.2) is 12.4 Å². The van der Waals surface area contributed by atoms with E-state index in [4.69, 9.17) is 4.74 Å². The maximum atomic E-state index is 5.00. The lowest BCUT2D eigenvalue weighted by atomic mass is 10.3. The van der Waals surface area contributed by atoms with Gasteiger partial charge in [0.15, 0.2) is 0 Å². The summed E-state index contributed by atoms with van der Waals surface area (Å²) in [6.45, 7) is 7.44. The molecule has 1 aromatic heterocycles. The third kappa shape index (κ3) is 7.36. The van der Waals surface area contributed by atoms with Crippen LogP contribution in [0.2, 0.25) is 0 Å². The summed E-state index contributed by atoms with van der Waals surface area (Å²) in [4.78, 5) is 13.4. The number of nitrogens with one attached hydrogen (secondary N) is 1. The number of aromatic nitrogens is 2. The van der Waals surface area contributed by atoms with E-state index in [0.717, 1.165) is 50.7 Å². The molecule has 1 aromatic rings. The number of nitrogens with zero attached hydrogens (tertiary/aromatic N) is 4. The number of anilines is 1. The number of ether oxygens (including phenoxy) is 1. The lowest BCUT2D eigenvalue weighted by Gasteiger charge is -2.23. The van der Waals surface area contributed by atoms with Crippen molar-refractivity contribution in [3.8, 4) is 0 Å². The molecule has 0 amide bonds. The summed E-state index contributed by atoms with van der Waals surface area (Å²) in [5.74, 6) is 0.819. The topological polar surface area (TPSA) is 53.5 Å². The minimum Gasteiger partial charge on any atom is -0.383 e. The Balaban J connectivity index is 2.52. The highest BCUT2D eigenvalue weighted by atomic mass is 16.5. The van der Waals surface area contributed by atoms with Crippen molar-refractivity contribution < 1.29 is 4.74 Å². The Kier molecular flexibility index (Phi) is 8.89. The smallest absolute Gasteiger partial charge is 0.225 e. The molecule has 6 heteroatoms. The molecule has 0 aliphatic rings. The zero-order valence-corrected chi connectivity index (χ0v) is 13.8. The Morgan fingerprint density at radius 3 is 2.43 bits per heavy atom. The predicted octanol–water partition coefficient (Wildman–Crippen LogP) is 0.991. The summed E-state index contributed by atoms with van der Waals surface area (Å²) in [7, 11) is 5.87. The zero-order chi connectivity index (χ0) is 15.5. The second-order valence-corrected chi connectivity index (χ2v) is 5.35.